The van der Waals surface area contributed by atoms with E-state index in [4.69, 9.17) is 11.5 Å². The van der Waals surface area contributed by atoms with Gasteiger partial charge in [-0.15, -0.1) is 0 Å². The lowest BCUT2D eigenvalue weighted by Crippen LogP contribution is -2.47. The molecule has 2 rings (SSSR count). The molecule has 2 amide bonds. The lowest BCUT2D eigenvalue weighted by molar-refractivity contribution is -0.123. The Labute approximate surface area is 125 Å². The van der Waals surface area contributed by atoms with E-state index in [1.807, 2.05) is 30.3 Å². The summed E-state index contributed by atoms with van der Waals surface area (Å²) in [4.78, 5) is 23.2. The van der Waals surface area contributed by atoms with Gasteiger partial charge in [-0.25, -0.2) is 0 Å². The minimum Gasteiger partial charge on any atom is -0.369 e. The number of amides is 2. The van der Waals surface area contributed by atoms with Crippen LogP contribution in [0.5, 0.6) is 0 Å². The molecule has 1 aliphatic rings. The van der Waals surface area contributed by atoms with Crippen LogP contribution in [0, 0.1) is 5.92 Å². The molecule has 1 aliphatic carbocycles. The molecule has 0 radical (unpaired) electrons. The maximum atomic E-state index is 12.1. The first-order valence-corrected chi connectivity index (χ1v) is 7.45. The van der Waals surface area contributed by atoms with Crippen molar-refractivity contribution >= 4 is 11.8 Å². The van der Waals surface area contributed by atoms with Gasteiger partial charge in [0.1, 0.15) is 0 Å². The summed E-state index contributed by atoms with van der Waals surface area (Å²) < 4.78 is 0. The Kier molecular flexibility index (Phi) is 5.33. The second kappa shape index (κ2) is 7.22. The van der Waals surface area contributed by atoms with Gasteiger partial charge in [-0.1, -0.05) is 30.3 Å². The zero-order valence-corrected chi connectivity index (χ0v) is 12.1. The molecule has 0 saturated heterocycles. The highest BCUT2D eigenvalue weighted by Crippen LogP contribution is 2.23. The van der Waals surface area contributed by atoms with E-state index in [2.05, 4.69) is 5.32 Å². The van der Waals surface area contributed by atoms with Crippen LogP contribution in [-0.4, -0.2) is 23.9 Å². The molecular weight excluding hydrogens is 266 g/mol. The SMILES string of the molecule is NC(=O)C1CCC(NC(=O)[C@@H](N)Cc2ccccc2)CC1. The van der Waals surface area contributed by atoms with Crippen LogP contribution in [0.3, 0.4) is 0 Å². The largest absolute Gasteiger partial charge is 0.369 e. The molecule has 114 valence electrons. The number of nitrogens with one attached hydrogen (secondary N) is 1. The summed E-state index contributed by atoms with van der Waals surface area (Å²) in [7, 11) is 0. The van der Waals surface area contributed by atoms with Crippen molar-refractivity contribution in [3.63, 3.8) is 0 Å². The van der Waals surface area contributed by atoms with E-state index in [-0.39, 0.29) is 23.8 Å². The van der Waals surface area contributed by atoms with E-state index in [0.717, 1.165) is 31.2 Å². The number of nitrogens with two attached hydrogens (primary N) is 2. The van der Waals surface area contributed by atoms with Gasteiger partial charge in [-0.3, -0.25) is 9.59 Å². The molecule has 1 aromatic carbocycles. The van der Waals surface area contributed by atoms with Gasteiger partial charge in [-0.05, 0) is 37.7 Å². The Morgan fingerprint density at radius 1 is 1.14 bits per heavy atom. The molecule has 5 nitrogen and oxygen atoms in total. The Morgan fingerprint density at radius 3 is 2.33 bits per heavy atom. The van der Waals surface area contributed by atoms with E-state index < -0.39 is 6.04 Å². The normalized spacial score (nSPS) is 23.3. The second-order valence-electron chi connectivity index (χ2n) is 5.76. The number of primary amides is 1. The summed E-state index contributed by atoms with van der Waals surface area (Å²) in [5.74, 6) is -0.405. The maximum absolute atomic E-state index is 12.1. The maximum Gasteiger partial charge on any atom is 0.237 e. The molecule has 5 heteroatoms. The average Bonchev–Trinajstić information content (AvgIpc) is 2.48. The van der Waals surface area contributed by atoms with Crippen molar-refractivity contribution in [2.45, 2.75) is 44.2 Å². The van der Waals surface area contributed by atoms with Gasteiger partial charge >= 0.3 is 0 Å². The van der Waals surface area contributed by atoms with Gasteiger partial charge in [0.05, 0.1) is 6.04 Å². The van der Waals surface area contributed by atoms with Crippen molar-refractivity contribution in [3.05, 3.63) is 35.9 Å². The van der Waals surface area contributed by atoms with Crippen LogP contribution in [0.25, 0.3) is 0 Å². The van der Waals surface area contributed by atoms with Crippen LogP contribution in [0.2, 0.25) is 0 Å². The highest BCUT2D eigenvalue weighted by Gasteiger charge is 2.26. The van der Waals surface area contributed by atoms with Gasteiger partial charge in [-0.2, -0.15) is 0 Å². The van der Waals surface area contributed by atoms with E-state index in [1.165, 1.54) is 0 Å². The monoisotopic (exact) mass is 289 g/mol. The van der Waals surface area contributed by atoms with Crippen molar-refractivity contribution < 1.29 is 9.59 Å². The predicted octanol–water partition coefficient (Wildman–Crippen LogP) is 0.717. The molecule has 21 heavy (non-hydrogen) atoms. The molecule has 1 fully saturated rings. The first-order valence-electron chi connectivity index (χ1n) is 7.45. The van der Waals surface area contributed by atoms with Gasteiger partial charge in [0.15, 0.2) is 0 Å². The molecule has 1 atom stereocenters. The van der Waals surface area contributed by atoms with Crippen molar-refractivity contribution in [1.29, 1.82) is 0 Å². The van der Waals surface area contributed by atoms with Crippen molar-refractivity contribution in [3.8, 4) is 0 Å². The summed E-state index contributed by atoms with van der Waals surface area (Å²) in [6.07, 6.45) is 3.60. The Morgan fingerprint density at radius 2 is 1.76 bits per heavy atom. The van der Waals surface area contributed by atoms with Crippen LogP contribution >= 0.6 is 0 Å². The first-order chi connectivity index (χ1) is 10.1. The average molecular weight is 289 g/mol. The van der Waals surface area contributed by atoms with E-state index in [1.54, 1.807) is 0 Å². The third-order valence-corrected chi connectivity index (χ3v) is 4.11. The van der Waals surface area contributed by atoms with Gasteiger partial charge in [0, 0.05) is 12.0 Å². The molecule has 1 saturated carbocycles. The third kappa shape index (κ3) is 4.56. The zero-order chi connectivity index (χ0) is 15.2. The van der Waals surface area contributed by atoms with Crippen LogP contribution < -0.4 is 16.8 Å². The number of rotatable bonds is 5. The van der Waals surface area contributed by atoms with Crippen molar-refractivity contribution in [1.82, 2.24) is 5.32 Å². The van der Waals surface area contributed by atoms with E-state index >= 15 is 0 Å². The summed E-state index contributed by atoms with van der Waals surface area (Å²) in [5, 5.41) is 2.98. The van der Waals surface area contributed by atoms with E-state index in [9.17, 15) is 9.59 Å². The summed E-state index contributed by atoms with van der Waals surface area (Å²) in [6, 6.07) is 9.30. The smallest absolute Gasteiger partial charge is 0.237 e. The first kappa shape index (κ1) is 15.5. The number of carbonyl (C=O) groups excluding carboxylic acids is 2. The quantitative estimate of drug-likeness (QED) is 0.744. The fraction of sp³-hybridized carbons (Fsp3) is 0.500. The third-order valence-electron chi connectivity index (χ3n) is 4.11. The molecule has 1 aromatic rings. The predicted molar refractivity (Wildman–Crippen MR) is 81.2 cm³/mol. The lowest BCUT2D eigenvalue weighted by Gasteiger charge is -2.28. The summed E-state index contributed by atoms with van der Waals surface area (Å²) in [6.45, 7) is 0. The fourth-order valence-corrected chi connectivity index (χ4v) is 2.79. The molecule has 0 unspecified atom stereocenters. The second-order valence-corrected chi connectivity index (χ2v) is 5.76. The van der Waals surface area contributed by atoms with Gasteiger partial charge in [0.2, 0.25) is 11.8 Å². The molecule has 0 aliphatic heterocycles. The number of carbonyl (C=O) groups is 2. The molecule has 0 aromatic heterocycles. The minimum absolute atomic E-state index is 0.0452. The van der Waals surface area contributed by atoms with Crippen molar-refractivity contribution in [2.75, 3.05) is 0 Å². The topological polar surface area (TPSA) is 98.2 Å². The lowest BCUT2D eigenvalue weighted by atomic mass is 9.85. The Hall–Kier alpha value is -1.88. The van der Waals surface area contributed by atoms with Gasteiger partial charge < -0.3 is 16.8 Å². The minimum atomic E-state index is -0.540. The van der Waals surface area contributed by atoms with Crippen LogP contribution in [-0.2, 0) is 16.0 Å². The van der Waals surface area contributed by atoms with Crippen LogP contribution in [0.15, 0.2) is 30.3 Å². The number of hydrogen-bond acceptors (Lipinski definition) is 3. The molecule has 5 N–H and O–H groups in total. The Balaban J connectivity index is 1.78. The molecular formula is C16H23N3O2. The number of benzene rings is 1. The summed E-state index contributed by atoms with van der Waals surface area (Å²) >= 11 is 0. The van der Waals surface area contributed by atoms with Crippen molar-refractivity contribution in [2.24, 2.45) is 17.4 Å². The highest BCUT2D eigenvalue weighted by molar-refractivity contribution is 5.82. The number of hydrogen-bond donors (Lipinski definition) is 3. The molecule has 0 spiro atoms. The fourth-order valence-electron chi connectivity index (χ4n) is 2.79. The Bertz CT molecular complexity index is 482. The summed E-state index contributed by atoms with van der Waals surface area (Å²) in [5.41, 5.74) is 12.3. The molecule has 0 heterocycles. The standard InChI is InChI=1S/C16H23N3O2/c17-14(10-11-4-2-1-3-5-11)16(21)19-13-8-6-12(7-9-13)15(18)20/h1-5,12-14H,6-10,17H2,(H2,18,20)(H,19,21)/t12?,13?,14-/m0/s1. The molecule has 0 bridgehead atoms. The van der Waals surface area contributed by atoms with Crippen LogP contribution in [0.1, 0.15) is 31.2 Å². The van der Waals surface area contributed by atoms with E-state index in [0.29, 0.717) is 6.42 Å². The van der Waals surface area contributed by atoms with Gasteiger partial charge in [0.25, 0.3) is 0 Å². The van der Waals surface area contributed by atoms with Crippen LogP contribution in [0.4, 0.5) is 0 Å². The highest BCUT2D eigenvalue weighted by atomic mass is 16.2. The zero-order valence-electron chi connectivity index (χ0n) is 12.1.